The predicted molar refractivity (Wildman–Crippen MR) is 104 cm³/mol. The van der Waals surface area contributed by atoms with Crippen LogP contribution in [0.3, 0.4) is 0 Å². The molecule has 2 aliphatic rings. The summed E-state index contributed by atoms with van der Waals surface area (Å²) in [7, 11) is 0. The number of benzene rings is 1. The number of nitrogens with zero attached hydrogens (tertiary/aromatic N) is 2. The van der Waals surface area contributed by atoms with Gasteiger partial charge < -0.3 is 20.9 Å². The van der Waals surface area contributed by atoms with Gasteiger partial charge in [-0.15, -0.1) is 12.4 Å². The zero-order valence-electron chi connectivity index (χ0n) is 15.2. The molecule has 0 bridgehead atoms. The van der Waals surface area contributed by atoms with Crippen LogP contribution in [0.1, 0.15) is 48.0 Å². The number of piperazine rings is 1. The van der Waals surface area contributed by atoms with Crippen LogP contribution in [0.25, 0.3) is 0 Å². The average molecular weight is 381 g/mol. The van der Waals surface area contributed by atoms with Gasteiger partial charge in [0.05, 0.1) is 0 Å². The summed E-state index contributed by atoms with van der Waals surface area (Å²) in [5.74, 6) is 0.0240. The second-order valence-electron chi connectivity index (χ2n) is 6.96. The first-order chi connectivity index (χ1) is 12.2. The lowest BCUT2D eigenvalue weighted by Gasteiger charge is -2.36. The van der Waals surface area contributed by atoms with Crippen molar-refractivity contribution < 1.29 is 9.59 Å². The minimum Gasteiger partial charge on any atom is -0.335 e. The Bertz CT molecular complexity index is 594. The molecule has 3 rings (SSSR count). The van der Waals surface area contributed by atoms with Crippen molar-refractivity contribution >= 4 is 24.3 Å². The van der Waals surface area contributed by atoms with Gasteiger partial charge in [0, 0.05) is 44.3 Å². The Morgan fingerprint density at radius 1 is 0.962 bits per heavy atom. The maximum absolute atomic E-state index is 12.6. The highest BCUT2D eigenvalue weighted by Crippen LogP contribution is 2.18. The van der Waals surface area contributed by atoms with Gasteiger partial charge in [-0.3, -0.25) is 4.79 Å². The molecule has 0 aromatic heterocycles. The molecule has 26 heavy (non-hydrogen) atoms. The summed E-state index contributed by atoms with van der Waals surface area (Å²) in [6.45, 7) is 2.81. The van der Waals surface area contributed by atoms with Crippen molar-refractivity contribution in [2.75, 3.05) is 26.2 Å². The SMILES string of the molecule is Cl.NCc1ccc(C(=O)N2CCN(C(=O)NC3CCCCC3)CC2)cc1. The summed E-state index contributed by atoms with van der Waals surface area (Å²) in [4.78, 5) is 28.6. The molecule has 144 valence electrons. The fraction of sp³-hybridized carbons (Fsp3) is 0.579. The van der Waals surface area contributed by atoms with Crippen molar-refractivity contribution in [2.24, 2.45) is 5.73 Å². The molecule has 0 atom stereocenters. The lowest BCUT2D eigenvalue weighted by Crippen LogP contribution is -2.54. The zero-order valence-corrected chi connectivity index (χ0v) is 16.0. The molecule has 1 heterocycles. The fourth-order valence-corrected chi connectivity index (χ4v) is 3.59. The Morgan fingerprint density at radius 2 is 1.54 bits per heavy atom. The highest BCUT2D eigenvalue weighted by molar-refractivity contribution is 5.94. The van der Waals surface area contributed by atoms with E-state index < -0.39 is 0 Å². The Labute approximate surface area is 161 Å². The molecule has 1 aliphatic carbocycles. The summed E-state index contributed by atoms with van der Waals surface area (Å²) in [6, 6.07) is 7.77. The zero-order chi connectivity index (χ0) is 17.6. The topological polar surface area (TPSA) is 78.7 Å². The van der Waals surface area contributed by atoms with Crippen LogP contribution in [0.5, 0.6) is 0 Å². The number of amides is 3. The van der Waals surface area contributed by atoms with E-state index in [2.05, 4.69) is 5.32 Å². The number of hydrogen-bond donors (Lipinski definition) is 2. The number of nitrogens with one attached hydrogen (secondary N) is 1. The molecule has 0 unspecified atom stereocenters. The molecule has 1 saturated carbocycles. The van der Waals surface area contributed by atoms with Crippen LogP contribution in [0.4, 0.5) is 4.79 Å². The van der Waals surface area contributed by atoms with Crippen molar-refractivity contribution in [3.8, 4) is 0 Å². The third-order valence-electron chi connectivity index (χ3n) is 5.22. The average Bonchev–Trinajstić information content (AvgIpc) is 2.68. The number of rotatable bonds is 3. The maximum Gasteiger partial charge on any atom is 0.317 e. The number of carbonyl (C=O) groups excluding carboxylic acids is 2. The third kappa shape index (κ3) is 5.11. The second kappa shape index (κ2) is 9.78. The van der Waals surface area contributed by atoms with Crippen molar-refractivity contribution in [1.82, 2.24) is 15.1 Å². The van der Waals surface area contributed by atoms with Gasteiger partial charge in [0.25, 0.3) is 5.91 Å². The van der Waals surface area contributed by atoms with Crippen LogP contribution in [0, 0.1) is 0 Å². The molecule has 1 aromatic rings. The van der Waals surface area contributed by atoms with Gasteiger partial charge in [0.15, 0.2) is 0 Å². The van der Waals surface area contributed by atoms with Crippen LogP contribution >= 0.6 is 12.4 Å². The van der Waals surface area contributed by atoms with Crippen molar-refractivity contribution in [2.45, 2.75) is 44.7 Å². The molecule has 3 amide bonds. The monoisotopic (exact) mass is 380 g/mol. The van der Waals surface area contributed by atoms with Gasteiger partial charge in [0.2, 0.25) is 0 Å². The van der Waals surface area contributed by atoms with Gasteiger partial charge in [-0.25, -0.2) is 4.79 Å². The molecule has 0 spiro atoms. The minimum absolute atomic E-state index is 0. The molecule has 1 aromatic carbocycles. The summed E-state index contributed by atoms with van der Waals surface area (Å²) < 4.78 is 0. The highest BCUT2D eigenvalue weighted by atomic mass is 35.5. The molecular formula is C19H29ClN4O2. The Hall–Kier alpha value is -1.79. The van der Waals surface area contributed by atoms with E-state index in [1.54, 1.807) is 0 Å². The number of halogens is 1. The minimum atomic E-state index is 0. The van der Waals surface area contributed by atoms with E-state index in [0.717, 1.165) is 18.4 Å². The summed E-state index contributed by atoms with van der Waals surface area (Å²) in [5, 5.41) is 3.15. The van der Waals surface area contributed by atoms with Gasteiger partial charge >= 0.3 is 6.03 Å². The number of hydrogen-bond acceptors (Lipinski definition) is 3. The molecule has 1 aliphatic heterocycles. The number of urea groups is 1. The largest absolute Gasteiger partial charge is 0.335 e. The molecule has 1 saturated heterocycles. The number of nitrogens with two attached hydrogens (primary N) is 1. The third-order valence-corrected chi connectivity index (χ3v) is 5.22. The molecule has 3 N–H and O–H groups in total. The van der Waals surface area contributed by atoms with Crippen molar-refractivity contribution in [3.63, 3.8) is 0 Å². The maximum atomic E-state index is 12.6. The van der Waals surface area contributed by atoms with E-state index >= 15 is 0 Å². The lowest BCUT2D eigenvalue weighted by atomic mass is 9.96. The van der Waals surface area contributed by atoms with Gasteiger partial charge in [-0.2, -0.15) is 0 Å². The fourth-order valence-electron chi connectivity index (χ4n) is 3.59. The highest BCUT2D eigenvalue weighted by Gasteiger charge is 2.26. The first-order valence-corrected chi connectivity index (χ1v) is 9.31. The lowest BCUT2D eigenvalue weighted by molar-refractivity contribution is 0.0662. The first kappa shape index (κ1) is 20.5. The van der Waals surface area contributed by atoms with Gasteiger partial charge in [0.1, 0.15) is 0 Å². The van der Waals surface area contributed by atoms with Gasteiger partial charge in [-0.05, 0) is 30.5 Å². The molecule has 2 fully saturated rings. The normalized spacial score (nSPS) is 18.2. The summed E-state index contributed by atoms with van der Waals surface area (Å²) in [6.07, 6.45) is 5.86. The van der Waals surface area contributed by atoms with Crippen LogP contribution in [-0.2, 0) is 6.54 Å². The summed E-state index contributed by atoms with van der Waals surface area (Å²) >= 11 is 0. The van der Waals surface area contributed by atoms with E-state index in [1.807, 2.05) is 34.1 Å². The molecule has 7 heteroatoms. The van der Waals surface area contributed by atoms with E-state index in [1.165, 1.54) is 19.3 Å². The van der Waals surface area contributed by atoms with E-state index in [0.29, 0.717) is 44.3 Å². The Balaban J connectivity index is 0.00000243. The van der Waals surface area contributed by atoms with E-state index in [9.17, 15) is 9.59 Å². The Kier molecular flexibility index (Phi) is 7.72. The van der Waals surface area contributed by atoms with Crippen LogP contribution in [0.15, 0.2) is 24.3 Å². The molecule has 0 radical (unpaired) electrons. The van der Waals surface area contributed by atoms with Crippen LogP contribution < -0.4 is 11.1 Å². The van der Waals surface area contributed by atoms with Gasteiger partial charge in [-0.1, -0.05) is 31.4 Å². The van der Waals surface area contributed by atoms with Crippen LogP contribution in [0.2, 0.25) is 0 Å². The van der Waals surface area contributed by atoms with E-state index in [4.69, 9.17) is 5.73 Å². The summed E-state index contributed by atoms with van der Waals surface area (Å²) in [5.41, 5.74) is 7.28. The quantitative estimate of drug-likeness (QED) is 0.844. The second-order valence-corrected chi connectivity index (χ2v) is 6.96. The first-order valence-electron chi connectivity index (χ1n) is 9.31. The van der Waals surface area contributed by atoms with Crippen molar-refractivity contribution in [3.05, 3.63) is 35.4 Å². The predicted octanol–water partition coefficient (Wildman–Crippen LogP) is 2.37. The Morgan fingerprint density at radius 3 is 2.12 bits per heavy atom. The molecular weight excluding hydrogens is 352 g/mol. The van der Waals surface area contributed by atoms with Crippen LogP contribution in [-0.4, -0.2) is 54.0 Å². The number of carbonyl (C=O) groups is 2. The smallest absolute Gasteiger partial charge is 0.317 e. The van der Waals surface area contributed by atoms with Crippen molar-refractivity contribution in [1.29, 1.82) is 0 Å². The van der Waals surface area contributed by atoms with E-state index in [-0.39, 0.29) is 24.3 Å². The molecule has 6 nitrogen and oxygen atoms in total. The standard InChI is InChI=1S/C19H28N4O2.ClH/c20-14-15-6-8-16(9-7-15)18(24)22-10-12-23(13-11-22)19(25)21-17-4-2-1-3-5-17;/h6-9,17H,1-5,10-14,20H2,(H,21,25);1H.